The lowest BCUT2D eigenvalue weighted by molar-refractivity contribution is -0.150. The van der Waals surface area contributed by atoms with Gasteiger partial charge in [0.2, 0.25) is 11.8 Å². The minimum atomic E-state index is -1.39. The van der Waals surface area contributed by atoms with Crippen LogP contribution in [0.3, 0.4) is 0 Å². The summed E-state index contributed by atoms with van der Waals surface area (Å²) in [7, 11) is 0. The molecule has 57 heavy (non-hydrogen) atoms. The molecule has 0 saturated heterocycles. The zero-order valence-electron chi connectivity index (χ0n) is 36.1. The number of ether oxygens (including phenoxy) is 1. The highest BCUT2D eigenvalue weighted by Crippen LogP contribution is 2.19. The van der Waals surface area contributed by atoms with Crippen molar-refractivity contribution in [3.8, 4) is 0 Å². The first kappa shape index (κ1) is 53.5. The number of hydrogen-bond donors (Lipinski definition) is 4. The average Bonchev–Trinajstić information content (AvgIpc) is 3.20. The Morgan fingerprint density at radius 2 is 1.00 bits per heavy atom. The summed E-state index contributed by atoms with van der Waals surface area (Å²) in [6.45, 7) is 3.36. The van der Waals surface area contributed by atoms with Crippen LogP contribution in [-0.2, 0) is 23.9 Å². The Morgan fingerprint density at radius 3 is 1.51 bits per heavy atom. The van der Waals surface area contributed by atoms with Crippen LogP contribution < -0.4 is 10.6 Å². The first-order valence-electron chi connectivity index (χ1n) is 22.7. The van der Waals surface area contributed by atoms with Gasteiger partial charge < -0.3 is 25.6 Å². The Morgan fingerprint density at radius 1 is 0.544 bits per heavy atom. The number of hydrogen-bond acceptors (Lipinski definition) is 6. The van der Waals surface area contributed by atoms with Crippen LogP contribution >= 0.6 is 0 Å². The molecule has 0 aliphatic rings. The molecule has 4 N–H and O–H groups in total. The van der Waals surface area contributed by atoms with Gasteiger partial charge in [-0.25, -0.2) is 4.79 Å². The fourth-order valence-electron chi connectivity index (χ4n) is 6.33. The molecule has 2 unspecified atom stereocenters. The van der Waals surface area contributed by atoms with Gasteiger partial charge in [0.1, 0.15) is 12.1 Å². The number of aliphatic carboxylic acids is 1. The smallest absolute Gasteiger partial charge is 0.328 e. The molecule has 326 valence electrons. The molecule has 0 aromatic carbocycles. The van der Waals surface area contributed by atoms with Crippen LogP contribution in [0.1, 0.15) is 194 Å². The number of carbonyl (C=O) groups is 4. The van der Waals surface area contributed by atoms with E-state index in [2.05, 4.69) is 85.2 Å². The number of amides is 2. The molecule has 0 aromatic heterocycles. The molecule has 9 heteroatoms. The molecule has 0 aliphatic carbocycles. The van der Waals surface area contributed by atoms with E-state index in [4.69, 9.17) is 14.9 Å². The molecule has 0 bridgehead atoms. The molecule has 0 saturated carbocycles. The number of allylic oxidation sites excluding steroid dienone is 10. The van der Waals surface area contributed by atoms with Gasteiger partial charge in [-0.3, -0.25) is 14.4 Å². The normalized spacial score (nSPS) is 13.0. The maximum atomic E-state index is 12.8. The number of esters is 1. The van der Waals surface area contributed by atoms with Crippen molar-refractivity contribution in [2.45, 2.75) is 206 Å². The largest absolute Gasteiger partial charge is 0.480 e. The van der Waals surface area contributed by atoms with Crippen molar-refractivity contribution in [1.82, 2.24) is 10.6 Å². The average molecular weight is 799 g/mol. The van der Waals surface area contributed by atoms with E-state index in [1.54, 1.807) is 0 Å². The Labute approximate surface area is 347 Å². The lowest BCUT2D eigenvalue weighted by Gasteiger charge is -2.18. The quantitative estimate of drug-likeness (QED) is 0.0275. The van der Waals surface area contributed by atoms with Crippen LogP contribution in [0, 0.1) is 0 Å². The lowest BCUT2D eigenvalue weighted by atomic mass is 10.0. The van der Waals surface area contributed by atoms with Crippen molar-refractivity contribution in [1.29, 1.82) is 0 Å². The van der Waals surface area contributed by atoms with Gasteiger partial charge in [-0.15, -0.1) is 0 Å². The number of carboxylic acid groups (broad SMARTS) is 1. The molecule has 0 spiro atoms. The maximum absolute atomic E-state index is 12.8. The predicted molar refractivity (Wildman–Crippen MR) is 236 cm³/mol. The summed E-state index contributed by atoms with van der Waals surface area (Å²) in [5.41, 5.74) is 0. The van der Waals surface area contributed by atoms with Crippen LogP contribution in [0.25, 0.3) is 0 Å². The van der Waals surface area contributed by atoms with Crippen molar-refractivity contribution >= 4 is 23.8 Å². The van der Waals surface area contributed by atoms with Gasteiger partial charge in [0, 0.05) is 12.8 Å². The minimum Gasteiger partial charge on any atom is -0.480 e. The van der Waals surface area contributed by atoms with E-state index >= 15 is 0 Å². The minimum absolute atomic E-state index is 0.0312. The lowest BCUT2D eigenvalue weighted by Crippen LogP contribution is -2.47. The third kappa shape index (κ3) is 39.2. The van der Waals surface area contributed by atoms with Crippen molar-refractivity contribution < 1.29 is 34.1 Å². The zero-order chi connectivity index (χ0) is 41.9. The van der Waals surface area contributed by atoms with E-state index in [1.165, 1.54) is 57.8 Å². The molecule has 2 atom stereocenters. The number of aliphatic hydroxyl groups excluding tert-OH is 1. The van der Waals surface area contributed by atoms with Gasteiger partial charge in [0.05, 0.1) is 13.2 Å². The van der Waals surface area contributed by atoms with Gasteiger partial charge in [-0.1, -0.05) is 158 Å². The van der Waals surface area contributed by atoms with Gasteiger partial charge in [0.15, 0.2) is 0 Å². The Hall–Kier alpha value is -3.46. The second kappa shape index (κ2) is 42.2. The molecule has 0 fully saturated rings. The highest BCUT2D eigenvalue weighted by molar-refractivity contribution is 5.87. The molecule has 0 rings (SSSR count). The fraction of sp³-hybridized carbons (Fsp3) is 0.708. The number of carboxylic acids is 1. The Kier molecular flexibility index (Phi) is 39.6. The number of rotatable bonds is 40. The first-order valence-corrected chi connectivity index (χ1v) is 22.7. The summed E-state index contributed by atoms with van der Waals surface area (Å²) in [6, 6.07) is -1.39. The van der Waals surface area contributed by atoms with Crippen LogP contribution in [0.15, 0.2) is 60.8 Å². The van der Waals surface area contributed by atoms with Crippen molar-refractivity contribution in [3.63, 3.8) is 0 Å². The van der Waals surface area contributed by atoms with Crippen LogP contribution in [0.2, 0.25) is 0 Å². The summed E-state index contributed by atoms with van der Waals surface area (Å²) < 4.78 is 6.02. The zero-order valence-corrected chi connectivity index (χ0v) is 36.1. The van der Waals surface area contributed by atoms with Crippen LogP contribution in [0.4, 0.5) is 0 Å². The number of nitrogens with one attached hydrogen (secondary N) is 2. The molecule has 0 heterocycles. The molecular weight excluding hydrogens is 717 g/mol. The second-order valence-corrected chi connectivity index (χ2v) is 15.1. The monoisotopic (exact) mass is 799 g/mol. The second-order valence-electron chi connectivity index (χ2n) is 15.1. The molecule has 0 radical (unpaired) electrons. The molecular formula is C48H82N2O7. The van der Waals surface area contributed by atoms with Gasteiger partial charge in [0.25, 0.3) is 0 Å². The maximum Gasteiger partial charge on any atom is 0.328 e. The van der Waals surface area contributed by atoms with E-state index < -0.39 is 24.5 Å². The molecule has 0 aromatic rings. The van der Waals surface area contributed by atoms with Crippen molar-refractivity contribution in [2.75, 3.05) is 13.2 Å². The standard InChI is InChI=1S/C48H82N2O7/c1-3-5-7-9-11-13-15-16-17-18-19-20-21-22-23-25-27-32-36-40-47(54)57-43(37-33-29-26-24-14-12-10-8-6-4-2)38-34-30-28-31-35-39-45(52)49-41-46(53)50-44(42-51)48(55)56/h5,7,11,13,16-17,19-20,22-23,43-44,51H,3-4,6,8-10,12,14-15,18,21,24-42H2,1-2H3,(H,49,52)(H,50,53)(H,55,56)/b7-5-,13-11-,17-16-,20-19-,23-22-. The molecule has 2 amide bonds. The van der Waals surface area contributed by atoms with Crippen molar-refractivity contribution in [3.05, 3.63) is 60.8 Å². The third-order valence-corrected chi connectivity index (χ3v) is 9.78. The topological polar surface area (TPSA) is 142 Å². The summed E-state index contributed by atoms with van der Waals surface area (Å²) in [4.78, 5) is 47.6. The Bertz CT molecular complexity index is 1140. The van der Waals surface area contributed by atoms with Gasteiger partial charge >= 0.3 is 11.9 Å². The number of carbonyl (C=O) groups excluding carboxylic acids is 3. The number of aliphatic hydroxyl groups is 1. The highest BCUT2D eigenvalue weighted by Gasteiger charge is 2.19. The van der Waals surface area contributed by atoms with E-state index in [9.17, 15) is 19.2 Å². The first-order chi connectivity index (χ1) is 27.8. The predicted octanol–water partition coefficient (Wildman–Crippen LogP) is 11.3. The highest BCUT2D eigenvalue weighted by atomic mass is 16.5. The van der Waals surface area contributed by atoms with Crippen LogP contribution in [-0.4, -0.2) is 59.3 Å². The van der Waals surface area contributed by atoms with Gasteiger partial charge in [-0.05, 0) is 83.5 Å². The van der Waals surface area contributed by atoms with E-state index in [0.29, 0.717) is 12.8 Å². The van der Waals surface area contributed by atoms with E-state index in [-0.39, 0.29) is 30.9 Å². The SMILES string of the molecule is CC/C=C\C/C=C\C/C=C\C/C=C\C/C=C\CCCCCC(=O)OC(CCCCCCCCCCCC)CCCCCCCC(=O)NCC(=O)NC(CO)C(=O)O. The summed E-state index contributed by atoms with van der Waals surface area (Å²) in [5.74, 6) is -2.33. The third-order valence-electron chi connectivity index (χ3n) is 9.78. The molecule has 0 aliphatic heterocycles. The summed E-state index contributed by atoms with van der Waals surface area (Å²) in [6.07, 6.45) is 51.0. The summed E-state index contributed by atoms with van der Waals surface area (Å²) >= 11 is 0. The van der Waals surface area contributed by atoms with E-state index in [0.717, 1.165) is 103 Å². The van der Waals surface area contributed by atoms with E-state index in [1.807, 2.05) is 0 Å². The number of unbranched alkanes of at least 4 members (excludes halogenated alkanes) is 16. The molecule has 9 nitrogen and oxygen atoms in total. The van der Waals surface area contributed by atoms with Gasteiger partial charge in [-0.2, -0.15) is 0 Å². The Balaban J connectivity index is 4.33. The summed E-state index contributed by atoms with van der Waals surface area (Å²) in [5, 5.41) is 22.6. The van der Waals surface area contributed by atoms with Crippen LogP contribution in [0.5, 0.6) is 0 Å². The fourth-order valence-corrected chi connectivity index (χ4v) is 6.33. The van der Waals surface area contributed by atoms with Crippen molar-refractivity contribution in [2.24, 2.45) is 0 Å².